The average molecular weight is 369 g/mol. The topological polar surface area (TPSA) is 105 Å². The zero-order valence-corrected chi connectivity index (χ0v) is 14.7. The van der Waals surface area contributed by atoms with E-state index >= 15 is 0 Å². The van der Waals surface area contributed by atoms with Gasteiger partial charge in [-0.2, -0.15) is 0 Å². The first-order chi connectivity index (χ1) is 12.5. The fraction of sp³-hybridized carbons (Fsp3) is 0.0556. The second kappa shape index (κ2) is 7.71. The number of amides is 1. The van der Waals surface area contributed by atoms with E-state index in [0.29, 0.717) is 16.4 Å². The minimum Gasteiger partial charge on any atom is -0.393 e. The van der Waals surface area contributed by atoms with Gasteiger partial charge < -0.3 is 11.1 Å². The SMILES string of the molecule is Cc1ccc(Nc2ncnc(NNC(=O)c3ccccc3)c2N)cc1Cl. The van der Waals surface area contributed by atoms with Crippen molar-refractivity contribution in [2.24, 2.45) is 0 Å². The van der Waals surface area contributed by atoms with Crippen LogP contribution >= 0.6 is 11.6 Å². The van der Waals surface area contributed by atoms with E-state index in [0.717, 1.165) is 11.3 Å². The van der Waals surface area contributed by atoms with Crippen molar-refractivity contribution in [1.82, 2.24) is 15.4 Å². The zero-order valence-electron chi connectivity index (χ0n) is 14.0. The lowest BCUT2D eigenvalue weighted by Gasteiger charge is -2.13. The molecule has 26 heavy (non-hydrogen) atoms. The molecule has 0 fully saturated rings. The van der Waals surface area contributed by atoms with Crippen molar-refractivity contribution in [2.45, 2.75) is 6.92 Å². The standard InChI is InChI=1S/C18H17ClN6O/c1-11-7-8-13(9-14(11)19)23-16-15(20)17(22-10-21-16)24-25-18(26)12-5-3-2-4-6-12/h2-10H,20H2,1H3,(H,25,26)(H2,21,22,23,24). The Morgan fingerprint density at radius 1 is 1.08 bits per heavy atom. The van der Waals surface area contributed by atoms with E-state index in [1.807, 2.05) is 25.1 Å². The van der Waals surface area contributed by atoms with Crippen molar-refractivity contribution in [3.05, 3.63) is 71.0 Å². The summed E-state index contributed by atoms with van der Waals surface area (Å²) < 4.78 is 0. The summed E-state index contributed by atoms with van der Waals surface area (Å²) in [4.78, 5) is 20.3. The van der Waals surface area contributed by atoms with E-state index in [1.165, 1.54) is 6.33 Å². The number of hydrogen-bond donors (Lipinski definition) is 4. The fourth-order valence-corrected chi connectivity index (χ4v) is 2.36. The molecule has 3 rings (SSSR count). The Morgan fingerprint density at radius 2 is 1.81 bits per heavy atom. The first kappa shape index (κ1) is 17.5. The number of carbonyl (C=O) groups is 1. The predicted molar refractivity (Wildman–Crippen MR) is 103 cm³/mol. The molecule has 0 unspecified atom stereocenters. The molecule has 0 aliphatic carbocycles. The monoisotopic (exact) mass is 368 g/mol. The summed E-state index contributed by atoms with van der Waals surface area (Å²) in [6, 6.07) is 14.3. The average Bonchev–Trinajstić information content (AvgIpc) is 2.66. The number of aromatic nitrogens is 2. The first-order valence-corrected chi connectivity index (χ1v) is 8.17. The molecular weight excluding hydrogens is 352 g/mol. The van der Waals surface area contributed by atoms with E-state index in [2.05, 4.69) is 26.1 Å². The Balaban J connectivity index is 1.72. The van der Waals surface area contributed by atoms with Gasteiger partial charge in [0.2, 0.25) is 0 Å². The molecule has 0 radical (unpaired) electrons. The molecule has 7 nitrogen and oxygen atoms in total. The molecule has 0 saturated carbocycles. The highest BCUT2D eigenvalue weighted by Gasteiger charge is 2.10. The number of aryl methyl sites for hydroxylation is 1. The highest BCUT2D eigenvalue weighted by Crippen LogP contribution is 2.27. The maximum atomic E-state index is 12.1. The van der Waals surface area contributed by atoms with Gasteiger partial charge in [-0.1, -0.05) is 35.9 Å². The Labute approximate surface area is 155 Å². The van der Waals surface area contributed by atoms with Crippen LogP contribution in [0.25, 0.3) is 0 Å². The highest BCUT2D eigenvalue weighted by molar-refractivity contribution is 6.31. The lowest BCUT2D eigenvalue weighted by atomic mass is 10.2. The molecule has 0 bridgehead atoms. The van der Waals surface area contributed by atoms with Gasteiger partial charge in [0.1, 0.15) is 12.0 Å². The molecule has 132 valence electrons. The van der Waals surface area contributed by atoms with Gasteiger partial charge in [0, 0.05) is 16.3 Å². The summed E-state index contributed by atoms with van der Waals surface area (Å²) in [7, 11) is 0. The molecule has 1 heterocycles. The van der Waals surface area contributed by atoms with Gasteiger partial charge in [-0.25, -0.2) is 9.97 Å². The molecule has 2 aromatic carbocycles. The van der Waals surface area contributed by atoms with Gasteiger partial charge in [0.15, 0.2) is 11.6 Å². The second-order valence-corrected chi connectivity index (χ2v) is 5.93. The van der Waals surface area contributed by atoms with Crippen molar-refractivity contribution in [3.8, 4) is 0 Å². The number of hydrazine groups is 1. The maximum Gasteiger partial charge on any atom is 0.269 e. The van der Waals surface area contributed by atoms with Gasteiger partial charge in [0.25, 0.3) is 5.91 Å². The number of nitrogens with zero attached hydrogens (tertiary/aromatic N) is 2. The summed E-state index contributed by atoms with van der Waals surface area (Å²) >= 11 is 6.13. The van der Waals surface area contributed by atoms with E-state index in [1.54, 1.807) is 30.3 Å². The van der Waals surface area contributed by atoms with Crippen LogP contribution in [0.2, 0.25) is 5.02 Å². The van der Waals surface area contributed by atoms with E-state index in [4.69, 9.17) is 17.3 Å². The van der Waals surface area contributed by atoms with Crippen molar-refractivity contribution < 1.29 is 4.79 Å². The van der Waals surface area contributed by atoms with Gasteiger partial charge >= 0.3 is 0 Å². The van der Waals surface area contributed by atoms with E-state index < -0.39 is 0 Å². The van der Waals surface area contributed by atoms with Crippen LogP contribution in [0.3, 0.4) is 0 Å². The maximum absolute atomic E-state index is 12.1. The quantitative estimate of drug-likeness (QED) is 0.513. The van der Waals surface area contributed by atoms with Crippen LogP contribution < -0.4 is 21.9 Å². The van der Waals surface area contributed by atoms with Crippen LogP contribution in [0.1, 0.15) is 15.9 Å². The Kier molecular flexibility index (Phi) is 5.19. The normalized spacial score (nSPS) is 10.2. The summed E-state index contributed by atoms with van der Waals surface area (Å²) in [6.45, 7) is 1.92. The Hall–Kier alpha value is -3.32. The summed E-state index contributed by atoms with van der Waals surface area (Å²) in [6.07, 6.45) is 1.34. The molecular formula is C18H17ClN6O. The molecule has 0 aliphatic heterocycles. The summed E-state index contributed by atoms with van der Waals surface area (Å²) in [5.74, 6) is 0.379. The van der Waals surface area contributed by atoms with E-state index in [-0.39, 0.29) is 17.4 Å². The minimum atomic E-state index is -0.302. The number of halogens is 1. The number of nitrogen functional groups attached to an aromatic ring is 1. The highest BCUT2D eigenvalue weighted by atomic mass is 35.5. The van der Waals surface area contributed by atoms with Crippen LogP contribution in [0.4, 0.5) is 23.0 Å². The van der Waals surface area contributed by atoms with Crippen LogP contribution in [-0.4, -0.2) is 15.9 Å². The Morgan fingerprint density at radius 3 is 2.54 bits per heavy atom. The van der Waals surface area contributed by atoms with Crippen LogP contribution in [0.5, 0.6) is 0 Å². The molecule has 8 heteroatoms. The molecule has 3 aromatic rings. The summed E-state index contributed by atoms with van der Waals surface area (Å²) in [5, 5.41) is 3.72. The Bertz CT molecular complexity index is 932. The molecule has 5 N–H and O–H groups in total. The van der Waals surface area contributed by atoms with Crippen molar-refractivity contribution in [3.63, 3.8) is 0 Å². The molecule has 0 spiro atoms. The van der Waals surface area contributed by atoms with Gasteiger partial charge in [-0.15, -0.1) is 0 Å². The van der Waals surface area contributed by atoms with Crippen molar-refractivity contribution >= 4 is 40.5 Å². The molecule has 0 atom stereocenters. The molecule has 1 aromatic heterocycles. The van der Waals surface area contributed by atoms with Crippen LogP contribution in [-0.2, 0) is 0 Å². The molecule has 1 amide bonds. The first-order valence-electron chi connectivity index (χ1n) is 7.79. The number of carbonyl (C=O) groups excluding carboxylic acids is 1. The number of rotatable bonds is 5. The van der Waals surface area contributed by atoms with E-state index in [9.17, 15) is 4.79 Å². The second-order valence-electron chi connectivity index (χ2n) is 5.52. The van der Waals surface area contributed by atoms with Crippen molar-refractivity contribution in [2.75, 3.05) is 16.5 Å². The van der Waals surface area contributed by atoms with Crippen LogP contribution in [0, 0.1) is 6.92 Å². The minimum absolute atomic E-state index is 0.262. The molecule has 0 aliphatic rings. The van der Waals surface area contributed by atoms with Crippen LogP contribution in [0.15, 0.2) is 54.9 Å². The van der Waals surface area contributed by atoms with Gasteiger partial charge in [0.05, 0.1) is 0 Å². The summed E-state index contributed by atoms with van der Waals surface area (Å²) in [5.41, 5.74) is 13.8. The number of hydrogen-bond acceptors (Lipinski definition) is 6. The third-order valence-electron chi connectivity index (χ3n) is 3.65. The third-order valence-corrected chi connectivity index (χ3v) is 4.06. The largest absolute Gasteiger partial charge is 0.393 e. The van der Waals surface area contributed by atoms with Gasteiger partial charge in [-0.05, 0) is 36.8 Å². The van der Waals surface area contributed by atoms with Crippen molar-refractivity contribution in [1.29, 1.82) is 0 Å². The zero-order chi connectivity index (χ0) is 18.5. The smallest absolute Gasteiger partial charge is 0.269 e. The lowest BCUT2D eigenvalue weighted by molar-refractivity contribution is 0.0962. The number of anilines is 4. The fourth-order valence-electron chi connectivity index (χ4n) is 2.18. The number of benzene rings is 2. The molecule has 0 saturated heterocycles. The number of nitrogens with one attached hydrogen (secondary N) is 3. The number of nitrogens with two attached hydrogens (primary N) is 1. The third kappa shape index (κ3) is 4.01. The van der Waals surface area contributed by atoms with Gasteiger partial charge in [-0.3, -0.25) is 15.6 Å². The predicted octanol–water partition coefficient (Wildman–Crippen LogP) is 3.52. The lowest BCUT2D eigenvalue weighted by Crippen LogP contribution is -2.30.